The van der Waals surface area contributed by atoms with Gasteiger partial charge < -0.3 is 0 Å². The molecule has 0 amide bonds. The molecule has 0 aliphatic carbocycles. The van der Waals surface area contributed by atoms with E-state index >= 15 is 0 Å². The summed E-state index contributed by atoms with van der Waals surface area (Å²) in [5.74, 6) is 0. The maximum atomic E-state index is 3.77. The van der Waals surface area contributed by atoms with E-state index in [1.807, 2.05) is 0 Å². The summed E-state index contributed by atoms with van der Waals surface area (Å²) in [5.41, 5.74) is 2.74. The van der Waals surface area contributed by atoms with E-state index in [4.69, 9.17) is 0 Å². The van der Waals surface area contributed by atoms with Crippen molar-refractivity contribution in [1.82, 2.24) is 0 Å². The molecule has 0 aliphatic heterocycles. The minimum atomic E-state index is 0.381. The predicted molar refractivity (Wildman–Crippen MR) is 86.6 cm³/mol. The van der Waals surface area contributed by atoms with Crippen LogP contribution in [0, 0.1) is 3.57 Å². The van der Waals surface area contributed by atoms with Crippen LogP contribution >= 0.6 is 65.8 Å². The number of hydrogen-bond donors (Lipinski definition) is 0. The van der Waals surface area contributed by atoms with Crippen LogP contribution in [0.4, 0.5) is 0 Å². The van der Waals surface area contributed by atoms with Gasteiger partial charge in [-0.1, -0.05) is 31.9 Å². The van der Waals surface area contributed by atoms with Gasteiger partial charge in [-0.25, -0.2) is 0 Å². The van der Waals surface area contributed by atoms with E-state index in [1.54, 1.807) is 11.3 Å². The molecule has 0 aliphatic rings. The first kappa shape index (κ1) is 13.1. The zero-order chi connectivity index (χ0) is 11.5. The Balaban J connectivity index is 2.20. The van der Waals surface area contributed by atoms with Crippen LogP contribution in [0.15, 0.2) is 39.5 Å². The first-order valence-electron chi connectivity index (χ1n) is 4.77. The van der Waals surface area contributed by atoms with E-state index in [9.17, 15) is 0 Å². The maximum absolute atomic E-state index is 3.77. The Hall–Kier alpha value is 0.610. The van der Waals surface area contributed by atoms with Gasteiger partial charge in [0.05, 0.1) is 0 Å². The van der Waals surface area contributed by atoms with Gasteiger partial charge in [0, 0.05) is 12.9 Å². The highest BCUT2D eigenvalue weighted by Crippen LogP contribution is 2.32. The van der Waals surface area contributed by atoms with Crippen molar-refractivity contribution in [1.29, 1.82) is 0 Å². The van der Waals surface area contributed by atoms with Crippen molar-refractivity contribution in [3.63, 3.8) is 0 Å². The first-order valence-corrected chi connectivity index (χ1v) is 8.50. The minimum Gasteiger partial charge on any atom is -0.152 e. The molecule has 1 atom stereocenters. The average Bonchev–Trinajstić information content (AvgIpc) is 2.74. The van der Waals surface area contributed by atoms with Gasteiger partial charge >= 0.3 is 0 Å². The molecule has 2 aromatic rings. The molecule has 0 saturated heterocycles. The summed E-state index contributed by atoms with van der Waals surface area (Å²) in [5, 5.41) is 4.33. The molecule has 0 nitrogen and oxygen atoms in total. The Morgan fingerprint density at radius 3 is 2.81 bits per heavy atom. The molecule has 0 bridgehead atoms. The SMILES string of the molecule is Brc1ccc(I)c(C(Br)Cc2ccsc2)c1. The van der Waals surface area contributed by atoms with Gasteiger partial charge in [-0.15, -0.1) is 0 Å². The molecule has 1 aromatic carbocycles. The van der Waals surface area contributed by atoms with Crippen LogP contribution in [0.5, 0.6) is 0 Å². The Kier molecular flexibility index (Phi) is 4.88. The second kappa shape index (κ2) is 5.98. The number of halogens is 3. The predicted octanol–water partition coefficient (Wildman–Crippen LogP) is 5.79. The molecule has 0 radical (unpaired) electrons. The average molecular weight is 472 g/mol. The fourth-order valence-electron chi connectivity index (χ4n) is 1.48. The smallest absolute Gasteiger partial charge is 0.0446 e. The Bertz CT molecular complexity index is 468. The molecular weight excluding hydrogens is 463 g/mol. The summed E-state index contributed by atoms with van der Waals surface area (Å²) in [6.07, 6.45) is 1.04. The summed E-state index contributed by atoms with van der Waals surface area (Å²) < 4.78 is 2.44. The van der Waals surface area contributed by atoms with E-state index < -0.39 is 0 Å². The topological polar surface area (TPSA) is 0 Å². The zero-order valence-electron chi connectivity index (χ0n) is 8.29. The standard InChI is InChI=1S/C12H9Br2IS/c13-9-1-2-12(15)10(6-9)11(14)5-8-3-4-16-7-8/h1-4,6-7,11H,5H2. The van der Waals surface area contributed by atoms with Crippen molar-refractivity contribution in [2.24, 2.45) is 0 Å². The van der Waals surface area contributed by atoms with Crippen molar-refractivity contribution in [3.05, 3.63) is 54.2 Å². The third kappa shape index (κ3) is 3.31. The zero-order valence-corrected chi connectivity index (χ0v) is 14.4. The first-order chi connectivity index (χ1) is 7.66. The highest BCUT2D eigenvalue weighted by molar-refractivity contribution is 14.1. The van der Waals surface area contributed by atoms with Crippen molar-refractivity contribution < 1.29 is 0 Å². The van der Waals surface area contributed by atoms with Crippen molar-refractivity contribution in [2.75, 3.05) is 0 Å². The molecule has 4 heteroatoms. The van der Waals surface area contributed by atoms with Gasteiger partial charge in [-0.2, -0.15) is 11.3 Å². The van der Waals surface area contributed by atoms with Crippen LogP contribution in [-0.2, 0) is 6.42 Å². The van der Waals surface area contributed by atoms with E-state index in [0.29, 0.717) is 4.83 Å². The largest absolute Gasteiger partial charge is 0.152 e. The Labute approximate surface area is 130 Å². The van der Waals surface area contributed by atoms with Crippen molar-refractivity contribution in [2.45, 2.75) is 11.2 Å². The number of thiophene rings is 1. The van der Waals surface area contributed by atoms with Gasteiger partial charge in [0.2, 0.25) is 0 Å². The molecule has 0 N–H and O–H groups in total. The van der Waals surface area contributed by atoms with Crippen molar-refractivity contribution >= 4 is 65.8 Å². The number of alkyl halides is 1. The number of benzene rings is 1. The molecule has 1 heterocycles. The Morgan fingerprint density at radius 1 is 1.31 bits per heavy atom. The normalized spacial score (nSPS) is 12.7. The summed E-state index contributed by atoms with van der Waals surface area (Å²) in [6.45, 7) is 0. The highest BCUT2D eigenvalue weighted by Gasteiger charge is 2.12. The molecular formula is C12H9Br2IS. The number of hydrogen-bond acceptors (Lipinski definition) is 1. The lowest BCUT2D eigenvalue weighted by molar-refractivity contribution is 0.947. The highest BCUT2D eigenvalue weighted by atomic mass is 127. The molecule has 84 valence electrons. The molecule has 2 rings (SSSR count). The van der Waals surface area contributed by atoms with Crippen LogP contribution in [-0.4, -0.2) is 0 Å². The third-order valence-electron chi connectivity index (χ3n) is 2.29. The summed E-state index contributed by atoms with van der Waals surface area (Å²) >= 11 is 11.4. The lowest BCUT2D eigenvalue weighted by atomic mass is 10.1. The van der Waals surface area contributed by atoms with Crippen molar-refractivity contribution in [3.8, 4) is 0 Å². The van der Waals surface area contributed by atoms with E-state index in [1.165, 1.54) is 14.7 Å². The summed E-state index contributed by atoms with van der Waals surface area (Å²) in [7, 11) is 0. The fourth-order valence-corrected chi connectivity index (χ4v) is 4.43. The second-order valence-corrected chi connectivity index (χ2v) is 7.43. The van der Waals surface area contributed by atoms with Crippen LogP contribution in [0.25, 0.3) is 0 Å². The third-order valence-corrected chi connectivity index (χ3v) is 5.32. The molecule has 0 fully saturated rings. The van der Waals surface area contributed by atoms with Gasteiger partial charge in [-0.05, 0) is 75.2 Å². The molecule has 1 aromatic heterocycles. The monoisotopic (exact) mass is 470 g/mol. The lowest BCUT2D eigenvalue weighted by Crippen LogP contribution is -1.97. The van der Waals surface area contributed by atoms with Gasteiger partial charge in [0.15, 0.2) is 0 Å². The molecule has 16 heavy (non-hydrogen) atoms. The minimum absolute atomic E-state index is 0.381. The van der Waals surface area contributed by atoms with Gasteiger partial charge in [0.25, 0.3) is 0 Å². The lowest BCUT2D eigenvalue weighted by Gasteiger charge is -2.12. The Morgan fingerprint density at radius 2 is 2.12 bits per heavy atom. The quantitative estimate of drug-likeness (QED) is 0.392. The van der Waals surface area contributed by atoms with E-state index in [-0.39, 0.29) is 0 Å². The summed E-state index contributed by atoms with van der Waals surface area (Å²) in [4.78, 5) is 0.381. The number of rotatable bonds is 3. The van der Waals surface area contributed by atoms with Gasteiger partial charge in [0.1, 0.15) is 0 Å². The molecule has 1 unspecified atom stereocenters. The van der Waals surface area contributed by atoms with E-state index in [0.717, 1.165) is 10.9 Å². The maximum Gasteiger partial charge on any atom is 0.0446 e. The van der Waals surface area contributed by atoms with Crippen LogP contribution in [0.1, 0.15) is 16.0 Å². The van der Waals surface area contributed by atoms with Crippen LogP contribution in [0.2, 0.25) is 0 Å². The fraction of sp³-hybridized carbons (Fsp3) is 0.167. The van der Waals surface area contributed by atoms with E-state index in [2.05, 4.69) is 89.5 Å². The van der Waals surface area contributed by atoms with Crippen LogP contribution < -0.4 is 0 Å². The van der Waals surface area contributed by atoms with Crippen LogP contribution in [0.3, 0.4) is 0 Å². The second-order valence-electron chi connectivity index (χ2n) is 3.47. The molecule has 0 spiro atoms. The molecule has 0 saturated carbocycles. The summed E-state index contributed by atoms with van der Waals surface area (Å²) in [6, 6.07) is 8.59. The van der Waals surface area contributed by atoms with Gasteiger partial charge in [-0.3, -0.25) is 0 Å².